The predicted octanol–water partition coefficient (Wildman–Crippen LogP) is 6.46. The van der Waals surface area contributed by atoms with Gasteiger partial charge in [0, 0.05) is 17.5 Å². The van der Waals surface area contributed by atoms with Crippen LogP contribution in [0.1, 0.15) is 11.1 Å². The highest BCUT2D eigenvalue weighted by atomic mass is 14.6. The molecule has 0 aliphatic heterocycles. The highest BCUT2D eigenvalue weighted by Gasteiger charge is 2.42. The number of rotatable bonds is 2. The van der Waals surface area contributed by atoms with Gasteiger partial charge in [-0.1, -0.05) is 97.1 Å². The molecule has 29 heavy (non-hydrogen) atoms. The minimum absolute atomic E-state index is 0.245. The van der Waals surface area contributed by atoms with Crippen molar-refractivity contribution in [3.8, 4) is 22.3 Å². The molecule has 0 bridgehead atoms. The third-order valence-electron chi connectivity index (χ3n) is 6.42. The maximum atomic E-state index is 6.41. The fraction of sp³-hybridized carbons (Fsp3) is 0.0714. The monoisotopic (exact) mass is 371 g/mol. The Balaban J connectivity index is 1.71. The summed E-state index contributed by atoms with van der Waals surface area (Å²) in [6.45, 7) is 0. The van der Waals surface area contributed by atoms with Crippen molar-refractivity contribution in [3.63, 3.8) is 0 Å². The van der Waals surface area contributed by atoms with Gasteiger partial charge in [0.05, 0.1) is 0 Å². The lowest BCUT2D eigenvalue weighted by molar-refractivity contribution is 0.657. The first kappa shape index (κ1) is 16.4. The maximum Gasteiger partial charge on any atom is 0.0277 e. The molecule has 0 fully saturated rings. The summed E-state index contributed by atoms with van der Waals surface area (Å²) in [5.74, 6) is 0.557. The molecule has 0 amide bonds. The summed E-state index contributed by atoms with van der Waals surface area (Å²) in [5.41, 5.74) is 18.0. The molecule has 2 unspecified atom stereocenters. The lowest BCUT2D eigenvalue weighted by atomic mass is 9.76. The fourth-order valence-corrected chi connectivity index (χ4v) is 5.15. The van der Waals surface area contributed by atoms with Crippen LogP contribution in [0.3, 0.4) is 0 Å². The van der Waals surface area contributed by atoms with Crippen LogP contribution >= 0.6 is 0 Å². The van der Waals surface area contributed by atoms with Crippen LogP contribution in [-0.4, -0.2) is 0 Å². The van der Waals surface area contributed by atoms with E-state index in [4.69, 9.17) is 5.73 Å². The van der Waals surface area contributed by atoms with E-state index < -0.39 is 0 Å². The molecular formula is C28H21N. The highest BCUT2D eigenvalue weighted by molar-refractivity contribution is 6.06. The summed E-state index contributed by atoms with van der Waals surface area (Å²) in [6.07, 6.45) is 11.1. The lowest BCUT2D eigenvalue weighted by Gasteiger charge is -2.29. The Bertz CT molecular complexity index is 1240. The Labute approximate surface area is 171 Å². The molecule has 0 radical (unpaired) electrons. The number of allylic oxidation sites excluding steroid dienone is 7. The largest absolute Gasteiger partial charge is 0.402 e. The van der Waals surface area contributed by atoms with Crippen molar-refractivity contribution in [3.05, 3.63) is 120 Å². The second-order valence-corrected chi connectivity index (χ2v) is 7.94. The van der Waals surface area contributed by atoms with Crippen molar-refractivity contribution in [2.24, 2.45) is 17.6 Å². The minimum atomic E-state index is 0.245. The molecule has 2 N–H and O–H groups in total. The Morgan fingerprint density at radius 2 is 1.14 bits per heavy atom. The van der Waals surface area contributed by atoms with Gasteiger partial charge in [-0.05, 0) is 50.6 Å². The molecule has 138 valence electrons. The average molecular weight is 371 g/mol. The summed E-state index contributed by atoms with van der Waals surface area (Å²) in [6, 6.07) is 26.0. The van der Waals surface area contributed by atoms with E-state index in [-0.39, 0.29) is 5.92 Å². The molecule has 3 aromatic rings. The Morgan fingerprint density at radius 1 is 0.586 bits per heavy atom. The Kier molecular flexibility index (Phi) is 3.51. The highest BCUT2D eigenvalue weighted by Crippen LogP contribution is 2.58. The summed E-state index contributed by atoms with van der Waals surface area (Å²) in [4.78, 5) is 0. The molecule has 6 rings (SSSR count). The van der Waals surface area contributed by atoms with Crippen LogP contribution in [-0.2, 0) is 0 Å². The summed E-state index contributed by atoms with van der Waals surface area (Å²) < 4.78 is 0. The van der Waals surface area contributed by atoms with Gasteiger partial charge >= 0.3 is 0 Å². The van der Waals surface area contributed by atoms with Crippen molar-refractivity contribution >= 4 is 11.1 Å². The van der Waals surface area contributed by atoms with Crippen LogP contribution in [0.25, 0.3) is 33.4 Å². The molecule has 2 atom stereocenters. The number of fused-ring (bicyclic) bond motifs is 3. The zero-order valence-corrected chi connectivity index (χ0v) is 16.0. The molecule has 3 aromatic carbocycles. The number of nitrogens with two attached hydrogens (primary N) is 1. The van der Waals surface area contributed by atoms with Crippen LogP contribution in [0.4, 0.5) is 0 Å². The number of hydrogen-bond donors (Lipinski definition) is 1. The smallest absolute Gasteiger partial charge is 0.0277 e. The Hall–Kier alpha value is -3.58. The first-order valence-electron chi connectivity index (χ1n) is 10.2. The molecular weight excluding hydrogens is 350 g/mol. The normalized spacial score (nSPS) is 21.0. The zero-order chi connectivity index (χ0) is 19.4. The van der Waals surface area contributed by atoms with Crippen molar-refractivity contribution in [1.29, 1.82) is 0 Å². The van der Waals surface area contributed by atoms with Gasteiger partial charge in [-0.25, -0.2) is 0 Å². The van der Waals surface area contributed by atoms with Crippen molar-refractivity contribution in [1.82, 2.24) is 0 Å². The van der Waals surface area contributed by atoms with Crippen LogP contribution < -0.4 is 5.73 Å². The van der Waals surface area contributed by atoms with E-state index in [0.29, 0.717) is 5.92 Å². The third-order valence-corrected chi connectivity index (χ3v) is 6.42. The third kappa shape index (κ3) is 2.34. The van der Waals surface area contributed by atoms with E-state index in [1.807, 2.05) is 0 Å². The number of benzene rings is 3. The van der Waals surface area contributed by atoms with E-state index in [1.165, 1.54) is 44.5 Å². The topological polar surface area (TPSA) is 26.0 Å². The first-order chi connectivity index (χ1) is 14.3. The lowest BCUT2D eigenvalue weighted by Crippen LogP contribution is -2.23. The summed E-state index contributed by atoms with van der Waals surface area (Å²) in [5, 5.41) is 0. The van der Waals surface area contributed by atoms with Crippen molar-refractivity contribution < 1.29 is 0 Å². The molecule has 1 heteroatoms. The molecule has 0 aromatic heterocycles. The van der Waals surface area contributed by atoms with Gasteiger partial charge < -0.3 is 5.73 Å². The molecule has 1 nitrogen and oxygen atoms in total. The molecule has 0 spiro atoms. The maximum absolute atomic E-state index is 6.41. The second kappa shape index (κ2) is 6.22. The minimum Gasteiger partial charge on any atom is -0.402 e. The van der Waals surface area contributed by atoms with Crippen LogP contribution in [0.15, 0.2) is 109 Å². The second-order valence-electron chi connectivity index (χ2n) is 7.94. The van der Waals surface area contributed by atoms with Gasteiger partial charge in [-0.15, -0.1) is 0 Å². The van der Waals surface area contributed by atoms with Gasteiger partial charge in [0.2, 0.25) is 0 Å². The standard InChI is InChI=1S/C28H21N/c29-25-17-16-24-26-22(25)12-7-13-23(26)27-20(18-8-3-1-4-9-18)14-15-21(28(24)27)19-10-5-2-6-11-19/h1-17,22,26H,29H2. The average Bonchev–Trinajstić information content (AvgIpc) is 3.13. The van der Waals surface area contributed by atoms with E-state index in [0.717, 1.165) is 5.70 Å². The zero-order valence-electron chi connectivity index (χ0n) is 16.0. The van der Waals surface area contributed by atoms with E-state index in [2.05, 4.69) is 103 Å². The van der Waals surface area contributed by atoms with Crippen LogP contribution in [0, 0.1) is 11.8 Å². The van der Waals surface area contributed by atoms with Crippen molar-refractivity contribution in [2.45, 2.75) is 0 Å². The van der Waals surface area contributed by atoms with Gasteiger partial charge in [0.15, 0.2) is 0 Å². The van der Waals surface area contributed by atoms with E-state index in [9.17, 15) is 0 Å². The molecule has 0 saturated heterocycles. The van der Waals surface area contributed by atoms with Gasteiger partial charge in [0.1, 0.15) is 0 Å². The van der Waals surface area contributed by atoms with Crippen LogP contribution in [0.2, 0.25) is 0 Å². The molecule has 3 aliphatic carbocycles. The first-order valence-corrected chi connectivity index (χ1v) is 10.2. The summed E-state index contributed by atoms with van der Waals surface area (Å²) >= 11 is 0. The van der Waals surface area contributed by atoms with Gasteiger partial charge in [-0.2, -0.15) is 0 Å². The quantitative estimate of drug-likeness (QED) is 0.550. The van der Waals surface area contributed by atoms with Crippen molar-refractivity contribution in [2.75, 3.05) is 0 Å². The van der Waals surface area contributed by atoms with E-state index >= 15 is 0 Å². The van der Waals surface area contributed by atoms with Gasteiger partial charge in [-0.3, -0.25) is 0 Å². The summed E-state index contributed by atoms with van der Waals surface area (Å²) in [7, 11) is 0. The molecule has 3 aliphatic rings. The Morgan fingerprint density at radius 3 is 1.72 bits per heavy atom. The molecule has 0 heterocycles. The number of hydrogen-bond acceptors (Lipinski definition) is 1. The predicted molar refractivity (Wildman–Crippen MR) is 122 cm³/mol. The fourth-order valence-electron chi connectivity index (χ4n) is 5.15. The van der Waals surface area contributed by atoms with Gasteiger partial charge in [0.25, 0.3) is 0 Å². The van der Waals surface area contributed by atoms with E-state index in [1.54, 1.807) is 0 Å². The molecule has 0 saturated carbocycles. The van der Waals surface area contributed by atoms with Crippen LogP contribution in [0.5, 0.6) is 0 Å². The SMILES string of the molecule is NC1=CC=C2c3c(-c4ccccc4)ccc(-c4ccccc4)c3C3=CC=CC1C32.